The molecule has 4 nitrogen and oxygen atoms in total. The lowest BCUT2D eigenvalue weighted by Crippen LogP contribution is -2.31. The van der Waals surface area contributed by atoms with E-state index in [1.54, 1.807) is 24.3 Å². The average Bonchev–Trinajstić information content (AvgIpc) is 2.53. The van der Waals surface area contributed by atoms with Crippen LogP contribution in [-0.4, -0.2) is 19.3 Å². The fraction of sp³-hybridized carbons (Fsp3) is 0.250. The lowest BCUT2D eigenvalue weighted by Gasteiger charge is -2.22. The molecule has 0 heterocycles. The van der Waals surface area contributed by atoms with Crippen LogP contribution in [0.25, 0.3) is 0 Å². The summed E-state index contributed by atoms with van der Waals surface area (Å²) in [6.45, 7) is 2.82. The van der Waals surface area contributed by atoms with Gasteiger partial charge in [-0.2, -0.15) is 4.31 Å². The van der Waals surface area contributed by atoms with Crippen LogP contribution in [-0.2, 0) is 23.1 Å². The molecule has 21 heavy (non-hydrogen) atoms. The maximum atomic E-state index is 12.8. The maximum Gasteiger partial charge on any atom is 0.243 e. The predicted octanol–water partition coefficient (Wildman–Crippen LogP) is 2.36. The van der Waals surface area contributed by atoms with E-state index in [1.165, 1.54) is 4.31 Å². The van der Waals surface area contributed by atoms with Gasteiger partial charge in [0.2, 0.25) is 10.0 Å². The van der Waals surface area contributed by atoms with Crippen molar-refractivity contribution >= 4 is 10.0 Å². The minimum atomic E-state index is -3.54. The third-order valence-electron chi connectivity index (χ3n) is 3.36. The molecule has 5 heteroatoms. The smallest absolute Gasteiger partial charge is 0.243 e. The summed E-state index contributed by atoms with van der Waals surface area (Å²) in [5, 5.41) is 0. The standard InChI is InChI=1S/C16H20N2O2S/c1-2-18(13-14-8-4-3-5-9-14)21(19,20)16-11-7-6-10-15(16)12-17/h3-11H,2,12-13,17H2,1H3. The van der Waals surface area contributed by atoms with E-state index in [1.807, 2.05) is 37.3 Å². The molecule has 0 fully saturated rings. The Bertz CT molecular complexity index is 684. The Morgan fingerprint density at radius 1 is 1.00 bits per heavy atom. The van der Waals surface area contributed by atoms with Crippen molar-refractivity contribution in [3.05, 3.63) is 65.7 Å². The fourth-order valence-electron chi connectivity index (χ4n) is 2.22. The zero-order valence-electron chi connectivity index (χ0n) is 12.1. The van der Waals surface area contributed by atoms with Crippen LogP contribution in [0.5, 0.6) is 0 Å². The normalized spacial score (nSPS) is 11.8. The fourth-order valence-corrected chi connectivity index (χ4v) is 3.89. The highest BCUT2D eigenvalue weighted by Crippen LogP contribution is 2.21. The van der Waals surface area contributed by atoms with Gasteiger partial charge in [-0.1, -0.05) is 55.5 Å². The van der Waals surface area contributed by atoms with Gasteiger partial charge in [0.25, 0.3) is 0 Å². The molecule has 0 amide bonds. The average molecular weight is 304 g/mol. The first-order valence-electron chi connectivity index (χ1n) is 6.91. The second kappa shape index (κ2) is 6.85. The van der Waals surface area contributed by atoms with Crippen LogP contribution in [0.15, 0.2) is 59.5 Å². The lowest BCUT2D eigenvalue weighted by molar-refractivity contribution is 0.423. The SMILES string of the molecule is CCN(Cc1ccccc1)S(=O)(=O)c1ccccc1CN. The Kier molecular flexibility index (Phi) is 5.12. The first kappa shape index (κ1) is 15.7. The first-order chi connectivity index (χ1) is 10.1. The molecule has 0 radical (unpaired) electrons. The van der Waals surface area contributed by atoms with Gasteiger partial charge in [0.05, 0.1) is 4.90 Å². The van der Waals surface area contributed by atoms with Crippen LogP contribution in [0, 0.1) is 0 Å². The summed E-state index contributed by atoms with van der Waals surface area (Å²) < 4.78 is 27.1. The Balaban J connectivity index is 2.36. The quantitative estimate of drug-likeness (QED) is 0.891. The van der Waals surface area contributed by atoms with Crippen molar-refractivity contribution in [3.63, 3.8) is 0 Å². The van der Waals surface area contributed by atoms with E-state index >= 15 is 0 Å². The van der Waals surface area contributed by atoms with Crippen LogP contribution < -0.4 is 5.73 Å². The van der Waals surface area contributed by atoms with Gasteiger partial charge in [0, 0.05) is 19.6 Å². The van der Waals surface area contributed by atoms with Crippen LogP contribution in [0.3, 0.4) is 0 Å². The molecule has 0 aliphatic carbocycles. The van der Waals surface area contributed by atoms with Gasteiger partial charge < -0.3 is 5.73 Å². The van der Waals surface area contributed by atoms with Gasteiger partial charge in [-0.15, -0.1) is 0 Å². The molecule has 0 aliphatic rings. The van der Waals surface area contributed by atoms with Crippen LogP contribution >= 0.6 is 0 Å². The molecule has 0 bridgehead atoms. The van der Waals surface area contributed by atoms with Gasteiger partial charge in [-0.05, 0) is 17.2 Å². The molecule has 2 aromatic rings. The number of nitrogens with zero attached hydrogens (tertiary/aromatic N) is 1. The van der Waals surface area contributed by atoms with Crippen molar-refractivity contribution in [3.8, 4) is 0 Å². The summed E-state index contributed by atoms with van der Waals surface area (Å²) in [6.07, 6.45) is 0. The summed E-state index contributed by atoms with van der Waals surface area (Å²) in [6, 6.07) is 16.5. The van der Waals surface area contributed by atoms with E-state index < -0.39 is 10.0 Å². The summed E-state index contributed by atoms with van der Waals surface area (Å²) in [5.74, 6) is 0. The molecule has 0 saturated heterocycles. The van der Waals surface area contributed by atoms with Crippen LogP contribution in [0.4, 0.5) is 0 Å². The molecule has 0 aliphatic heterocycles. The second-order valence-electron chi connectivity index (χ2n) is 4.73. The van der Waals surface area contributed by atoms with Crippen molar-refractivity contribution in [1.29, 1.82) is 0 Å². The highest BCUT2D eigenvalue weighted by Gasteiger charge is 2.25. The Morgan fingerprint density at radius 2 is 1.62 bits per heavy atom. The Hall–Kier alpha value is -1.69. The Labute approximate surface area is 126 Å². The zero-order chi connectivity index (χ0) is 15.3. The number of hydrogen-bond acceptors (Lipinski definition) is 3. The second-order valence-corrected chi connectivity index (χ2v) is 6.64. The molecule has 2 aromatic carbocycles. The van der Waals surface area contributed by atoms with Crippen molar-refractivity contribution in [2.75, 3.05) is 6.54 Å². The van der Waals surface area contributed by atoms with Gasteiger partial charge in [0.1, 0.15) is 0 Å². The minimum Gasteiger partial charge on any atom is -0.326 e. The number of benzene rings is 2. The molecule has 0 atom stereocenters. The summed E-state index contributed by atoms with van der Waals surface area (Å²) in [5.41, 5.74) is 7.27. The molecular weight excluding hydrogens is 284 g/mol. The predicted molar refractivity (Wildman–Crippen MR) is 84.0 cm³/mol. The van der Waals surface area contributed by atoms with E-state index in [0.29, 0.717) is 23.5 Å². The van der Waals surface area contributed by atoms with Gasteiger partial charge in [0.15, 0.2) is 0 Å². The number of hydrogen-bond donors (Lipinski definition) is 1. The molecule has 0 unspecified atom stereocenters. The third-order valence-corrected chi connectivity index (χ3v) is 5.39. The summed E-state index contributed by atoms with van der Waals surface area (Å²) >= 11 is 0. The highest BCUT2D eigenvalue weighted by molar-refractivity contribution is 7.89. The topological polar surface area (TPSA) is 63.4 Å². The van der Waals surface area contributed by atoms with Crippen LogP contribution in [0.1, 0.15) is 18.1 Å². The number of nitrogens with two attached hydrogens (primary N) is 1. The molecule has 0 aromatic heterocycles. The van der Waals surface area contributed by atoms with E-state index in [4.69, 9.17) is 5.73 Å². The van der Waals surface area contributed by atoms with E-state index in [-0.39, 0.29) is 6.54 Å². The van der Waals surface area contributed by atoms with E-state index in [0.717, 1.165) is 5.56 Å². The van der Waals surface area contributed by atoms with E-state index in [9.17, 15) is 8.42 Å². The molecule has 2 rings (SSSR count). The summed E-state index contributed by atoms with van der Waals surface area (Å²) in [4.78, 5) is 0.297. The summed E-state index contributed by atoms with van der Waals surface area (Å²) in [7, 11) is -3.54. The molecule has 0 spiro atoms. The molecule has 2 N–H and O–H groups in total. The van der Waals surface area contributed by atoms with Crippen molar-refractivity contribution in [1.82, 2.24) is 4.31 Å². The zero-order valence-corrected chi connectivity index (χ0v) is 12.9. The van der Waals surface area contributed by atoms with Gasteiger partial charge in [-0.3, -0.25) is 0 Å². The number of sulfonamides is 1. The number of rotatable bonds is 6. The van der Waals surface area contributed by atoms with Gasteiger partial charge >= 0.3 is 0 Å². The molecule has 112 valence electrons. The van der Waals surface area contributed by atoms with Crippen molar-refractivity contribution in [2.45, 2.75) is 24.9 Å². The molecular formula is C16H20N2O2S. The van der Waals surface area contributed by atoms with Crippen molar-refractivity contribution in [2.24, 2.45) is 5.73 Å². The third kappa shape index (κ3) is 3.50. The maximum absolute atomic E-state index is 12.8. The minimum absolute atomic E-state index is 0.207. The Morgan fingerprint density at radius 3 is 2.24 bits per heavy atom. The van der Waals surface area contributed by atoms with Crippen molar-refractivity contribution < 1.29 is 8.42 Å². The van der Waals surface area contributed by atoms with Gasteiger partial charge in [-0.25, -0.2) is 8.42 Å². The highest BCUT2D eigenvalue weighted by atomic mass is 32.2. The lowest BCUT2D eigenvalue weighted by atomic mass is 10.2. The first-order valence-corrected chi connectivity index (χ1v) is 8.35. The van der Waals surface area contributed by atoms with Crippen LogP contribution in [0.2, 0.25) is 0 Å². The molecule has 0 saturated carbocycles. The monoisotopic (exact) mass is 304 g/mol. The van der Waals surface area contributed by atoms with E-state index in [2.05, 4.69) is 0 Å². The largest absolute Gasteiger partial charge is 0.326 e.